The van der Waals surface area contributed by atoms with Crippen LogP contribution in [0.4, 0.5) is 10.1 Å². The lowest BCUT2D eigenvalue weighted by Gasteiger charge is -2.07. The average molecular weight is 198 g/mol. The minimum absolute atomic E-state index is 0.225. The summed E-state index contributed by atoms with van der Waals surface area (Å²) in [7, 11) is 0. The summed E-state index contributed by atoms with van der Waals surface area (Å²) in [4.78, 5) is 9.48. The number of rotatable bonds is 3. The molecule has 1 aromatic carbocycles. The van der Waals surface area contributed by atoms with Crippen molar-refractivity contribution in [3.05, 3.63) is 46.6 Å². The van der Waals surface area contributed by atoms with Gasteiger partial charge in [-0.1, -0.05) is 6.07 Å². The lowest BCUT2D eigenvalue weighted by atomic mass is 10.0. The Bertz CT molecular complexity index is 354. The predicted octanol–water partition coefficient (Wildman–Crippen LogP) is 1.64. The van der Waals surface area contributed by atoms with E-state index < -0.39 is 22.3 Å². The topological polar surface area (TPSA) is 63.4 Å². The molecule has 1 atom stereocenters. The summed E-state index contributed by atoms with van der Waals surface area (Å²) < 4.78 is 13.0. The van der Waals surface area contributed by atoms with E-state index in [1.807, 2.05) is 0 Å². The Morgan fingerprint density at radius 3 is 2.71 bits per heavy atom. The average Bonchev–Trinajstić information content (AvgIpc) is 2.15. The largest absolute Gasteiger partial charge is 0.396 e. The Labute approximate surface area is 80.1 Å². The van der Waals surface area contributed by atoms with Crippen molar-refractivity contribution in [2.24, 2.45) is 0 Å². The number of halogens is 1. The highest BCUT2D eigenvalue weighted by Crippen LogP contribution is 2.22. The maximum Gasteiger partial charge on any atom is 0.304 e. The molecule has 5 heteroatoms. The van der Waals surface area contributed by atoms with Crippen molar-refractivity contribution in [3.8, 4) is 0 Å². The lowest BCUT2D eigenvalue weighted by Crippen LogP contribution is -2.01. The van der Waals surface area contributed by atoms with Gasteiger partial charge < -0.3 is 5.11 Å². The summed E-state index contributed by atoms with van der Waals surface area (Å²) in [5.74, 6) is -1.38. The zero-order chi connectivity index (χ0) is 10.7. The predicted molar refractivity (Wildman–Crippen MR) is 48.2 cm³/mol. The minimum atomic E-state index is -0.908. The van der Waals surface area contributed by atoms with E-state index in [0.717, 1.165) is 12.1 Å². The van der Waals surface area contributed by atoms with Crippen molar-refractivity contribution in [3.63, 3.8) is 0 Å². The van der Waals surface area contributed by atoms with Gasteiger partial charge in [-0.2, -0.15) is 4.39 Å². The fourth-order valence-corrected chi connectivity index (χ4v) is 1.03. The van der Waals surface area contributed by atoms with E-state index in [0.29, 0.717) is 5.56 Å². The van der Waals surface area contributed by atoms with Gasteiger partial charge in [0.25, 0.3) is 0 Å². The number of nitrogens with zero attached hydrogens (tertiary/aromatic N) is 1. The van der Waals surface area contributed by atoms with Gasteiger partial charge in [0.15, 0.2) is 0 Å². The maximum absolute atomic E-state index is 13.0. The molecule has 1 radical (unpaired) electrons. The number of hydrogen-bond donors (Lipinski definition) is 1. The molecule has 0 heterocycles. The molecule has 0 aromatic heterocycles. The molecule has 0 aliphatic heterocycles. The van der Waals surface area contributed by atoms with Crippen LogP contribution in [-0.2, 0) is 0 Å². The van der Waals surface area contributed by atoms with Crippen LogP contribution in [-0.4, -0.2) is 16.6 Å². The van der Waals surface area contributed by atoms with Gasteiger partial charge >= 0.3 is 5.69 Å². The molecule has 0 saturated carbocycles. The number of benzene rings is 1. The van der Waals surface area contributed by atoms with Crippen molar-refractivity contribution >= 4 is 5.69 Å². The molecule has 1 N–H and O–H groups in total. The van der Waals surface area contributed by atoms with E-state index >= 15 is 0 Å². The van der Waals surface area contributed by atoms with Gasteiger partial charge in [0.05, 0.1) is 4.92 Å². The van der Waals surface area contributed by atoms with E-state index in [-0.39, 0.29) is 6.61 Å². The monoisotopic (exact) mass is 198 g/mol. The quantitative estimate of drug-likeness (QED) is 0.593. The first-order chi connectivity index (χ1) is 6.56. The molecule has 0 saturated heterocycles. The molecule has 1 rings (SSSR count). The molecular weight excluding hydrogens is 189 g/mol. The number of nitro groups is 1. The number of aliphatic hydroxyl groups excluding tert-OH is 1. The van der Waals surface area contributed by atoms with Crippen LogP contribution in [0.2, 0.25) is 0 Å². The van der Waals surface area contributed by atoms with Crippen molar-refractivity contribution in [2.75, 3.05) is 6.61 Å². The molecule has 0 fully saturated rings. The Morgan fingerprint density at radius 2 is 2.29 bits per heavy atom. The first kappa shape index (κ1) is 10.6. The van der Waals surface area contributed by atoms with Gasteiger partial charge in [0.2, 0.25) is 5.82 Å². The van der Waals surface area contributed by atoms with Crippen LogP contribution in [0, 0.1) is 22.9 Å². The first-order valence-electron chi connectivity index (χ1n) is 3.94. The summed E-state index contributed by atoms with van der Waals surface area (Å²) in [6, 6.07) is 3.47. The van der Waals surface area contributed by atoms with Gasteiger partial charge in [0, 0.05) is 18.6 Å². The second-order valence-corrected chi connectivity index (χ2v) is 2.85. The molecule has 0 amide bonds. The highest BCUT2D eigenvalue weighted by atomic mass is 19.1. The maximum atomic E-state index is 13.0. The molecule has 1 aromatic rings. The van der Waals surface area contributed by atoms with Crippen molar-refractivity contribution in [1.82, 2.24) is 0 Å². The Morgan fingerprint density at radius 1 is 1.64 bits per heavy atom. The molecular formula is C9H9FNO3. The molecule has 1 unspecified atom stereocenters. The van der Waals surface area contributed by atoms with E-state index in [1.165, 1.54) is 6.07 Å². The Balaban J connectivity index is 3.06. The summed E-state index contributed by atoms with van der Waals surface area (Å²) >= 11 is 0. The standard InChI is InChI=1S/C9H9FNO3/c1-6(5-12)7-2-3-9(11(13)14)8(10)4-7/h2-4,6,12H,1,5H2. The second kappa shape index (κ2) is 4.15. The van der Waals surface area contributed by atoms with E-state index in [2.05, 4.69) is 6.92 Å². The summed E-state index contributed by atoms with van der Waals surface area (Å²) in [6.45, 7) is 3.33. The Hall–Kier alpha value is -1.49. The van der Waals surface area contributed by atoms with Crippen molar-refractivity contribution in [2.45, 2.75) is 5.92 Å². The molecule has 0 spiro atoms. The molecule has 0 aliphatic carbocycles. The Kier molecular flexibility index (Phi) is 3.14. The second-order valence-electron chi connectivity index (χ2n) is 2.85. The van der Waals surface area contributed by atoms with Crippen LogP contribution in [0.3, 0.4) is 0 Å². The van der Waals surface area contributed by atoms with Crippen LogP contribution in [0.1, 0.15) is 11.5 Å². The van der Waals surface area contributed by atoms with Gasteiger partial charge in [-0.15, -0.1) is 0 Å². The zero-order valence-corrected chi connectivity index (χ0v) is 7.31. The van der Waals surface area contributed by atoms with Crippen LogP contribution in [0.15, 0.2) is 18.2 Å². The first-order valence-corrected chi connectivity index (χ1v) is 3.94. The third-order valence-corrected chi connectivity index (χ3v) is 1.86. The highest BCUT2D eigenvalue weighted by molar-refractivity contribution is 5.36. The fraction of sp³-hybridized carbons (Fsp3) is 0.222. The summed E-state index contributed by atoms with van der Waals surface area (Å²) in [6.07, 6.45) is 0. The van der Waals surface area contributed by atoms with Crippen LogP contribution in [0.25, 0.3) is 0 Å². The number of aliphatic hydroxyl groups is 1. The third-order valence-electron chi connectivity index (χ3n) is 1.86. The molecule has 14 heavy (non-hydrogen) atoms. The van der Waals surface area contributed by atoms with Crippen LogP contribution in [0.5, 0.6) is 0 Å². The van der Waals surface area contributed by atoms with Crippen molar-refractivity contribution < 1.29 is 14.4 Å². The number of nitro benzene ring substituents is 1. The fourth-order valence-electron chi connectivity index (χ4n) is 1.03. The van der Waals surface area contributed by atoms with E-state index in [9.17, 15) is 14.5 Å². The number of hydrogen-bond acceptors (Lipinski definition) is 3. The summed E-state index contributed by atoms with van der Waals surface area (Å²) in [5.41, 5.74) is -0.130. The van der Waals surface area contributed by atoms with E-state index in [4.69, 9.17) is 5.11 Å². The van der Waals surface area contributed by atoms with Gasteiger partial charge in [-0.25, -0.2) is 0 Å². The van der Waals surface area contributed by atoms with E-state index in [1.54, 1.807) is 0 Å². The normalized spacial score (nSPS) is 12.5. The molecule has 4 nitrogen and oxygen atoms in total. The van der Waals surface area contributed by atoms with Gasteiger partial charge in [-0.05, 0) is 18.6 Å². The minimum Gasteiger partial charge on any atom is -0.396 e. The summed E-state index contributed by atoms with van der Waals surface area (Å²) in [5, 5.41) is 19.0. The lowest BCUT2D eigenvalue weighted by molar-refractivity contribution is -0.387. The molecule has 0 aliphatic rings. The SMILES string of the molecule is [CH2]C(CO)c1ccc([N+](=O)[O-])c(F)c1. The molecule has 75 valence electrons. The third kappa shape index (κ3) is 2.05. The highest BCUT2D eigenvalue weighted by Gasteiger charge is 2.15. The van der Waals surface area contributed by atoms with Crippen LogP contribution < -0.4 is 0 Å². The zero-order valence-electron chi connectivity index (χ0n) is 7.31. The van der Waals surface area contributed by atoms with Crippen molar-refractivity contribution in [1.29, 1.82) is 0 Å². The molecule has 0 bridgehead atoms. The smallest absolute Gasteiger partial charge is 0.304 e. The van der Waals surface area contributed by atoms with Crippen LogP contribution >= 0.6 is 0 Å². The van der Waals surface area contributed by atoms with Gasteiger partial charge in [-0.3, -0.25) is 10.1 Å². The van der Waals surface area contributed by atoms with Gasteiger partial charge in [0.1, 0.15) is 0 Å².